The molecule has 0 aromatic rings. The molecule has 8 nitrogen and oxygen atoms in total. The van der Waals surface area contributed by atoms with Crippen LogP contribution in [0.1, 0.15) is 248 Å². The molecule has 60 heavy (non-hydrogen) atoms. The second-order valence-corrected chi connectivity index (χ2v) is 20.7. The molecule has 4 unspecified atom stereocenters. The zero-order valence-electron chi connectivity index (χ0n) is 40.4. The maximum atomic E-state index is 12.6. The lowest BCUT2D eigenvalue weighted by Gasteiger charge is -2.49. The van der Waals surface area contributed by atoms with Crippen LogP contribution in [0.5, 0.6) is 0 Å². The van der Waals surface area contributed by atoms with Crippen LogP contribution in [0.3, 0.4) is 0 Å². The predicted molar refractivity (Wildman–Crippen MR) is 247 cm³/mol. The molecule has 0 heterocycles. The van der Waals surface area contributed by atoms with Crippen molar-refractivity contribution in [2.75, 3.05) is 13.2 Å². The highest BCUT2D eigenvalue weighted by atomic mass is 16.5. The summed E-state index contributed by atoms with van der Waals surface area (Å²) in [4.78, 5) is 50.2. The van der Waals surface area contributed by atoms with E-state index in [4.69, 9.17) is 9.47 Å². The van der Waals surface area contributed by atoms with Gasteiger partial charge in [0.25, 0.3) is 0 Å². The zero-order valence-corrected chi connectivity index (χ0v) is 40.4. The fraction of sp³-hybridized carbons (Fsp3) is 0.923. The van der Waals surface area contributed by atoms with Crippen molar-refractivity contribution < 1.29 is 38.9 Å². The maximum absolute atomic E-state index is 12.6. The van der Waals surface area contributed by atoms with Crippen molar-refractivity contribution in [1.82, 2.24) is 0 Å². The molecule has 2 saturated carbocycles. The first kappa shape index (κ1) is 55.9. The van der Waals surface area contributed by atoms with Crippen molar-refractivity contribution in [1.29, 1.82) is 0 Å². The minimum atomic E-state index is -1.09. The Morgan fingerprint density at radius 1 is 0.433 bits per heavy atom. The molecule has 0 saturated heterocycles. The minimum Gasteiger partial charge on any atom is -0.481 e. The van der Waals surface area contributed by atoms with Crippen LogP contribution in [0.15, 0.2) is 0 Å². The molecule has 8 heteroatoms. The lowest BCUT2D eigenvalue weighted by atomic mass is 9.52. The van der Waals surface area contributed by atoms with Crippen LogP contribution in [0.4, 0.5) is 0 Å². The van der Waals surface area contributed by atoms with E-state index in [0.717, 1.165) is 115 Å². The molecule has 352 valence electrons. The summed E-state index contributed by atoms with van der Waals surface area (Å²) >= 11 is 0. The van der Waals surface area contributed by atoms with Gasteiger partial charge in [-0.15, -0.1) is 0 Å². The van der Waals surface area contributed by atoms with Gasteiger partial charge in [-0.2, -0.15) is 0 Å². The minimum absolute atomic E-state index is 0.187. The molecule has 0 aromatic heterocycles. The number of carbonyl (C=O) groups excluding carboxylic acids is 2. The standard InChI is InChI=1S/2C26H48O4/c1-21(2)15-9-5-7-13-19-29-25(27)23-17-11-12-18-24(23)26(28)30-20-14-8-6-10-16-22(3)4;1-21(2)15-9-5-7-11-17-25(23(27)28)19-13-14-20-26(25,24(29)30)18-12-8-6-10-16-22(3)4/h21-24H,5-20H2,1-4H3;21-22H,5-20H2,1-4H3,(H,27,28)(H,29,30). The van der Waals surface area contributed by atoms with Gasteiger partial charge in [-0.1, -0.05) is 197 Å². The Morgan fingerprint density at radius 2 is 0.717 bits per heavy atom. The Kier molecular flexibility index (Phi) is 30.3. The van der Waals surface area contributed by atoms with Gasteiger partial charge in [0.05, 0.1) is 35.9 Å². The van der Waals surface area contributed by atoms with E-state index in [0.29, 0.717) is 50.7 Å². The second-order valence-electron chi connectivity index (χ2n) is 20.7. The average molecular weight is 849 g/mol. The predicted octanol–water partition coefficient (Wildman–Crippen LogP) is 14.8. The first-order valence-corrected chi connectivity index (χ1v) is 25.4. The molecular formula is C52H96O8. The van der Waals surface area contributed by atoms with Gasteiger partial charge in [0, 0.05) is 0 Å². The van der Waals surface area contributed by atoms with E-state index in [1.165, 1.54) is 64.2 Å². The normalized spacial score (nSPS) is 21.9. The molecular weight excluding hydrogens is 753 g/mol. The summed E-state index contributed by atoms with van der Waals surface area (Å²) in [6.07, 6.45) is 29.4. The fourth-order valence-electron chi connectivity index (χ4n) is 9.83. The molecule has 2 aliphatic rings. The van der Waals surface area contributed by atoms with E-state index in [1.807, 2.05) is 0 Å². The molecule has 0 aromatic carbocycles. The summed E-state index contributed by atoms with van der Waals surface area (Å²) in [6.45, 7) is 18.9. The van der Waals surface area contributed by atoms with E-state index in [2.05, 4.69) is 55.4 Å². The lowest BCUT2D eigenvalue weighted by Crippen LogP contribution is -2.54. The number of unbranched alkanes of at least 4 members (excludes halogenated alkanes) is 12. The number of aliphatic carboxylic acids is 2. The second kappa shape index (κ2) is 32.5. The van der Waals surface area contributed by atoms with E-state index >= 15 is 0 Å². The Hall–Kier alpha value is -2.12. The smallest absolute Gasteiger partial charge is 0.310 e. The van der Waals surface area contributed by atoms with Crippen LogP contribution < -0.4 is 0 Å². The van der Waals surface area contributed by atoms with Crippen LogP contribution in [-0.4, -0.2) is 47.3 Å². The number of esters is 2. The molecule has 0 amide bonds. The Labute approximate surface area is 369 Å². The van der Waals surface area contributed by atoms with Crippen molar-refractivity contribution in [3.8, 4) is 0 Å². The van der Waals surface area contributed by atoms with Gasteiger partial charge in [-0.05, 0) is 75.0 Å². The molecule has 2 fully saturated rings. The van der Waals surface area contributed by atoms with Crippen LogP contribution in [0, 0.1) is 46.3 Å². The summed E-state index contributed by atoms with van der Waals surface area (Å²) in [5.41, 5.74) is -2.18. The third-order valence-electron chi connectivity index (χ3n) is 13.7. The topological polar surface area (TPSA) is 127 Å². The number of carboxylic acids is 2. The third-order valence-corrected chi connectivity index (χ3v) is 13.7. The number of hydrogen-bond donors (Lipinski definition) is 2. The number of rotatable bonds is 32. The quantitative estimate of drug-likeness (QED) is 0.0506. The molecule has 2 N–H and O–H groups in total. The fourth-order valence-corrected chi connectivity index (χ4v) is 9.83. The van der Waals surface area contributed by atoms with E-state index in [-0.39, 0.29) is 23.8 Å². The van der Waals surface area contributed by atoms with E-state index < -0.39 is 22.8 Å². The first-order valence-electron chi connectivity index (χ1n) is 25.4. The maximum Gasteiger partial charge on any atom is 0.310 e. The highest BCUT2D eigenvalue weighted by Crippen LogP contribution is 2.57. The van der Waals surface area contributed by atoms with Crippen LogP contribution in [-0.2, 0) is 28.7 Å². The number of carbonyl (C=O) groups is 4. The number of hydrogen-bond acceptors (Lipinski definition) is 6. The van der Waals surface area contributed by atoms with Gasteiger partial charge in [0.15, 0.2) is 0 Å². The van der Waals surface area contributed by atoms with E-state index in [1.54, 1.807) is 0 Å². The highest BCUT2D eigenvalue weighted by Gasteiger charge is 2.61. The van der Waals surface area contributed by atoms with Gasteiger partial charge >= 0.3 is 23.9 Å². The lowest BCUT2D eigenvalue weighted by molar-refractivity contribution is -0.182. The summed E-state index contributed by atoms with van der Waals surface area (Å²) in [7, 11) is 0. The molecule has 2 aliphatic carbocycles. The monoisotopic (exact) mass is 849 g/mol. The number of ether oxygens (including phenoxy) is 2. The molecule has 0 spiro atoms. The third kappa shape index (κ3) is 22.3. The first-order chi connectivity index (χ1) is 28.6. The van der Waals surface area contributed by atoms with Crippen LogP contribution >= 0.6 is 0 Å². The van der Waals surface area contributed by atoms with Gasteiger partial charge in [0.2, 0.25) is 0 Å². The number of carboxylic acid groups (broad SMARTS) is 2. The van der Waals surface area contributed by atoms with Crippen molar-refractivity contribution in [3.63, 3.8) is 0 Å². The van der Waals surface area contributed by atoms with Crippen LogP contribution in [0.25, 0.3) is 0 Å². The van der Waals surface area contributed by atoms with Crippen LogP contribution in [0.2, 0.25) is 0 Å². The molecule has 4 atom stereocenters. The van der Waals surface area contributed by atoms with Gasteiger partial charge in [0.1, 0.15) is 0 Å². The SMILES string of the molecule is CC(C)CCCCCCC1(C(=O)O)CCCCC1(CCCCCCC(C)C)C(=O)O.CC(C)CCCCCCOC(=O)C1CCCCC1C(=O)OCCCCCCC(C)C. The van der Waals surface area contributed by atoms with Gasteiger partial charge in [-0.25, -0.2) is 0 Å². The molecule has 0 aliphatic heterocycles. The van der Waals surface area contributed by atoms with Crippen molar-refractivity contribution >= 4 is 23.9 Å². The summed E-state index contributed by atoms with van der Waals surface area (Å²) in [6, 6.07) is 0. The largest absolute Gasteiger partial charge is 0.481 e. The summed E-state index contributed by atoms with van der Waals surface area (Å²) < 4.78 is 11.1. The van der Waals surface area contributed by atoms with E-state index in [9.17, 15) is 29.4 Å². The van der Waals surface area contributed by atoms with Gasteiger partial charge < -0.3 is 19.7 Å². The van der Waals surface area contributed by atoms with Gasteiger partial charge in [-0.3, -0.25) is 19.2 Å². The summed E-state index contributed by atoms with van der Waals surface area (Å²) in [5.74, 6) is 0.198. The Balaban J connectivity index is 0.000000600. The molecule has 0 bridgehead atoms. The Morgan fingerprint density at radius 3 is 1.00 bits per heavy atom. The summed E-state index contributed by atoms with van der Waals surface area (Å²) in [5, 5.41) is 20.6. The van der Waals surface area contributed by atoms with Crippen molar-refractivity contribution in [2.24, 2.45) is 46.3 Å². The average Bonchev–Trinajstić information content (AvgIpc) is 3.19. The van der Waals surface area contributed by atoms with Crippen molar-refractivity contribution in [3.05, 3.63) is 0 Å². The zero-order chi connectivity index (χ0) is 44.8. The molecule has 2 rings (SSSR count). The van der Waals surface area contributed by atoms with Crippen molar-refractivity contribution in [2.45, 2.75) is 248 Å². The highest BCUT2D eigenvalue weighted by molar-refractivity contribution is 5.87. The Bertz CT molecular complexity index is 1060. The molecule has 0 radical (unpaired) electrons.